The standard InChI is InChI=1S/C16H21N3S/c1-12(2)18-9-13-3-6-17-10-15(13)19-7-4-16-14(11-19)5-8-20-16/h3,5-6,8,10,12,18H,4,7,9,11H2,1-2H3. The number of fused-ring (bicyclic) bond motifs is 1. The molecule has 0 aliphatic carbocycles. The predicted octanol–water partition coefficient (Wildman–Crippen LogP) is 3.20. The van der Waals surface area contributed by atoms with E-state index in [1.807, 2.05) is 23.7 Å². The summed E-state index contributed by atoms with van der Waals surface area (Å²) in [7, 11) is 0. The van der Waals surface area contributed by atoms with E-state index in [4.69, 9.17) is 0 Å². The highest BCUT2D eigenvalue weighted by molar-refractivity contribution is 7.10. The van der Waals surface area contributed by atoms with E-state index in [1.54, 1.807) is 4.88 Å². The van der Waals surface area contributed by atoms with E-state index in [1.165, 1.54) is 16.8 Å². The van der Waals surface area contributed by atoms with Crippen molar-refractivity contribution >= 4 is 17.0 Å². The van der Waals surface area contributed by atoms with Crippen molar-refractivity contribution in [2.75, 3.05) is 11.4 Å². The van der Waals surface area contributed by atoms with Crippen LogP contribution >= 0.6 is 11.3 Å². The van der Waals surface area contributed by atoms with Crippen LogP contribution in [0, 0.1) is 0 Å². The SMILES string of the molecule is CC(C)NCc1ccncc1N1CCc2sccc2C1. The molecule has 0 bridgehead atoms. The number of aromatic nitrogens is 1. The summed E-state index contributed by atoms with van der Waals surface area (Å²) in [5, 5.41) is 5.71. The molecule has 20 heavy (non-hydrogen) atoms. The van der Waals surface area contributed by atoms with Gasteiger partial charge in [-0.25, -0.2) is 0 Å². The fourth-order valence-corrected chi connectivity index (χ4v) is 3.51. The van der Waals surface area contributed by atoms with Gasteiger partial charge in [-0.1, -0.05) is 13.8 Å². The Kier molecular flexibility index (Phi) is 4.03. The Bertz CT molecular complexity index is 577. The van der Waals surface area contributed by atoms with Gasteiger partial charge in [-0.05, 0) is 35.1 Å². The van der Waals surface area contributed by atoms with Crippen LogP contribution in [0.25, 0.3) is 0 Å². The fourth-order valence-electron chi connectivity index (χ4n) is 2.62. The summed E-state index contributed by atoms with van der Waals surface area (Å²) in [6.07, 6.45) is 5.05. The summed E-state index contributed by atoms with van der Waals surface area (Å²) in [5.41, 5.74) is 4.10. The molecular formula is C16H21N3S. The zero-order chi connectivity index (χ0) is 13.9. The molecular weight excluding hydrogens is 266 g/mol. The van der Waals surface area contributed by atoms with Crippen LogP contribution in [-0.2, 0) is 19.5 Å². The molecule has 0 aromatic carbocycles. The number of pyridine rings is 1. The molecule has 0 saturated heterocycles. The first-order valence-corrected chi connectivity index (χ1v) is 8.08. The van der Waals surface area contributed by atoms with Gasteiger partial charge in [0.1, 0.15) is 0 Å². The predicted molar refractivity (Wildman–Crippen MR) is 85.3 cm³/mol. The van der Waals surface area contributed by atoms with E-state index >= 15 is 0 Å². The van der Waals surface area contributed by atoms with E-state index in [0.717, 1.165) is 26.1 Å². The van der Waals surface area contributed by atoms with E-state index in [0.29, 0.717) is 6.04 Å². The van der Waals surface area contributed by atoms with Gasteiger partial charge in [0.25, 0.3) is 0 Å². The summed E-state index contributed by atoms with van der Waals surface area (Å²) in [6, 6.07) is 4.89. The lowest BCUT2D eigenvalue weighted by molar-refractivity contribution is 0.586. The molecule has 1 N–H and O–H groups in total. The summed E-state index contributed by atoms with van der Waals surface area (Å²) in [5.74, 6) is 0. The summed E-state index contributed by atoms with van der Waals surface area (Å²) in [4.78, 5) is 8.33. The van der Waals surface area contributed by atoms with E-state index in [2.05, 4.69) is 46.6 Å². The highest BCUT2D eigenvalue weighted by Crippen LogP contribution is 2.29. The minimum absolute atomic E-state index is 0.501. The Morgan fingerprint density at radius 3 is 3.15 bits per heavy atom. The van der Waals surface area contributed by atoms with Crippen molar-refractivity contribution < 1.29 is 0 Å². The van der Waals surface area contributed by atoms with Crippen LogP contribution in [0.2, 0.25) is 0 Å². The van der Waals surface area contributed by atoms with Crippen molar-refractivity contribution in [1.29, 1.82) is 0 Å². The van der Waals surface area contributed by atoms with Crippen LogP contribution in [-0.4, -0.2) is 17.6 Å². The quantitative estimate of drug-likeness (QED) is 0.936. The van der Waals surface area contributed by atoms with Crippen LogP contribution in [0.4, 0.5) is 5.69 Å². The average molecular weight is 287 g/mol. The molecule has 3 heterocycles. The van der Waals surface area contributed by atoms with Crippen molar-refractivity contribution in [2.45, 2.75) is 39.4 Å². The van der Waals surface area contributed by atoms with Gasteiger partial charge >= 0.3 is 0 Å². The number of nitrogens with zero attached hydrogens (tertiary/aromatic N) is 2. The Morgan fingerprint density at radius 1 is 1.40 bits per heavy atom. The number of nitrogens with one attached hydrogen (secondary N) is 1. The molecule has 3 rings (SSSR count). The molecule has 1 aliphatic heterocycles. The maximum absolute atomic E-state index is 4.32. The first-order chi connectivity index (χ1) is 9.74. The van der Waals surface area contributed by atoms with Crippen LogP contribution in [0.5, 0.6) is 0 Å². The van der Waals surface area contributed by atoms with Gasteiger partial charge in [0, 0.05) is 36.8 Å². The van der Waals surface area contributed by atoms with Crippen LogP contribution in [0.1, 0.15) is 29.9 Å². The maximum Gasteiger partial charge on any atom is 0.0601 e. The number of anilines is 1. The lowest BCUT2D eigenvalue weighted by Crippen LogP contribution is -2.31. The van der Waals surface area contributed by atoms with Gasteiger partial charge in [-0.3, -0.25) is 4.98 Å². The molecule has 1 aliphatic rings. The normalized spacial score (nSPS) is 14.7. The number of thiophene rings is 1. The van der Waals surface area contributed by atoms with Crippen molar-refractivity contribution in [2.24, 2.45) is 0 Å². The van der Waals surface area contributed by atoms with Crippen molar-refractivity contribution in [3.8, 4) is 0 Å². The van der Waals surface area contributed by atoms with Gasteiger partial charge in [0.15, 0.2) is 0 Å². The number of rotatable bonds is 4. The third-order valence-corrected chi connectivity index (χ3v) is 4.76. The zero-order valence-corrected chi connectivity index (χ0v) is 12.9. The number of hydrogen-bond acceptors (Lipinski definition) is 4. The highest BCUT2D eigenvalue weighted by Gasteiger charge is 2.19. The molecule has 0 amide bonds. The van der Waals surface area contributed by atoms with Gasteiger partial charge in [-0.2, -0.15) is 0 Å². The van der Waals surface area contributed by atoms with Crippen LogP contribution in [0.15, 0.2) is 29.9 Å². The minimum Gasteiger partial charge on any atom is -0.365 e. The van der Waals surface area contributed by atoms with E-state index < -0.39 is 0 Å². The molecule has 0 fully saturated rings. The topological polar surface area (TPSA) is 28.2 Å². The summed E-state index contributed by atoms with van der Waals surface area (Å²) < 4.78 is 0. The van der Waals surface area contributed by atoms with Gasteiger partial charge in [0.2, 0.25) is 0 Å². The molecule has 0 saturated carbocycles. The molecule has 0 radical (unpaired) electrons. The molecule has 106 valence electrons. The molecule has 2 aromatic rings. The second-order valence-electron chi connectivity index (χ2n) is 5.58. The molecule has 0 unspecified atom stereocenters. The maximum atomic E-state index is 4.32. The van der Waals surface area contributed by atoms with Crippen molar-refractivity contribution in [3.05, 3.63) is 45.9 Å². The second kappa shape index (κ2) is 5.94. The first-order valence-electron chi connectivity index (χ1n) is 7.20. The lowest BCUT2D eigenvalue weighted by atomic mass is 10.1. The van der Waals surface area contributed by atoms with Gasteiger partial charge in [0.05, 0.1) is 11.9 Å². The monoisotopic (exact) mass is 287 g/mol. The Morgan fingerprint density at radius 2 is 2.30 bits per heavy atom. The summed E-state index contributed by atoms with van der Waals surface area (Å²) >= 11 is 1.89. The zero-order valence-electron chi connectivity index (χ0n) is 12.1. The minimum atomic E-state index is 0.501. The lowest BCUT2D eigenvalue weighted by Gasteiger charge is -2.30. The smallest absolute Gasteiger partial charge is 0.0601 e. The number of hydrogen-bond donors (Lipinski definition) is 1. The Labute approximate surface area is 124 Å². The van der Waals surface area contributed by atoms with E-state index in [9.17, 15) is 0 Å². The van der Waals surface area contributed by atoms with Crippen molar-refractivity contribution in [3.63, 3.8) is 0 Å². The third-order valence-electron chi connectivity index (χ3n) is 3.74. The van der Waals surface area contributed by atoms with E-state index in [-0.39, 0.29) is 0 Å². The van der Waals surface area contributed by atoms with Crippen LogP contribution in [0.3, 0.4) is 0 Å². The second-order valence-corrected chi connectivity index (χ2v) is 6.58. The fraction of sp³-hybridized carbons (Fsp3) is 0.438. The van der Waals surface area contributed by atoms with Gasteiger partial charge in [-0.15, -0.1) is 11.3 Å². The largest absolute Gasteiger partial charge is 0.365 e. The average Bonchev–Trinajstić information content (AvgIpc) is 2.92. The highest BCUT2D eigenvalue weighted by atomic mass is 32.1. The molecule has 4 heteroatoms. The van der Waals surface area contributed by atoms with Crippen molar-refractivity contribution in [1.82, 2.24) is 10.3 Å². The van der Waals surface area contributed by atoms with Crippen LogP contribution < -0.4 is 10.2 Å². The molecule has 2 aromatic heterocycles. The van der Waals surface area contributed by atoms with Gasteiger partial charge < -0.3 is 10.2 Å². The Balaban J connectivity index is 1.80. The summed E-state index contributed by atoms with van der Waals surface area (Å²) in [6.45, 7) is 7.37. The first kappa shape index (κ1) is 13.6. The molecule has 3 nitrogen and oxygen atoms in total. The molecule has 0 atom stereocenters. The Hall–Kier alpha value is -1.39. The molecule has 0 spiro atoms. The third kappa shape index (κ3) is 2.86.